The number of hydrogen-bond acceptors (Lipinski definition) is 4. The minimum absolute atomic E-state index is 0.176. The molecule has 10 aromatic rings. The largest absolute Gasteiger partial charge is 0.256 e. The van der Waals surface area contributed by atoms with Gasteiger partial charge in [0.05, 0.1) is 22.6 Å². The van der Waals surface area contributed by atoms with Gasteiger partial charge in [-0.1, -0.05) is 140 Å². The molecule has 0 saturated carbocycles. The lowest BCUT2D eigenvalue weighted by molar-refractivity contribution is 0.454. The van der Waals surface area contributed by atoms with Crippen molar-refractivity contribution in [2.24, 2.45) is 0 Å². The van der Waals surface area contributed by atoms with E-state index in [0.29, 0.717) is 22.3 Å². The molecule has 3 aromatic heterocycles. The van der Waals surface area contributed by atoms with Gasteiger partial charge in [0.1, 0.15) is 11.6 Å². The number of aromatic nitrogens is 3. The first-order valence-electron chi connectivity index (χ1n) is 26.3. The van der Waals surface area contributed by atoms with E-state index < -0.39 is 53.7 Å². The van der Waals surface area contributed by atoms with Gasteiger partial charge in [0, 0.05) is 43.5 Å². The standard InChI is InChI=1S/C64H46F4N4/c1-40-33-59(72-39-41(40)2)50-29-30-54(55(37-50)46-25-27-49(28-26-46)60-63(67)61(65)56(38-69)62(66)64(60)68)53-10-4-3-9-52(53)51-35-44(15-13-42-17-21-47(22-18-42)57-11-5-7-31-70-57)34-45(36-51)16-14-43-19-23-48(24-20-43)58-12-6-8-32-71-58/h3-12,17-37,39H,13-16H2,1-2H3/i1D3,2D3. The molecule has 8 heteroatoms. The van der Waals surface area contributed by atoms with E-state index in [2.05, 4.69) is 81.7 Å². The van der Waals surface area contributed by atoms with Crippen molar-refractivity contribution in [1.29, 1.82) is 5.26 Å². The number of aryl methyl sites for hydroxylation is 6. The molecule has 0 amide bonds. The van der Waals surface area contributed by atoms with Crippen LogP contribution in [0.5, 0.6) is 0 Å². The molecule has 0 spiro atoms. The van der Waals surface area contributed by atoms with Gasteiger partial charge in [-0.15, -0.1) is 0 Å². The average molecular weight is 953 g/mol. The highest BCUT2D eigenvalue weighted by atomic mass is 19.2. The van der Waals surface area contributed by atoms with Crippen molar-refractivity contribution in [3.63, 3.8) is 0 Å². The molecule has 0 N–H and O–H groups in total. The monoisotopic (exact) mass is 952 g/mol. The highest BCUT2D eigenvalue weighted by Crippen LogP contribution is 2.42. The van der Waals surface area contributed by atoms with E-state index in [4.69, 9.17) is 8.22 Å². The maximum absolute atomic E-state index is 15.4. The molecular formula is C64H46F4N4. The van der Waals surface area contributed by atoms with E-state index >= 15 is 8.78 Å². The highest BCUT2D eigenvalue weighted by molar-refractivity contribution is 5.94. The Balaban J connectivity index is 1.07. The van der Waals surface area contributed by atoms with Gasteiger partial charge in [-0.3, -0.25) is 15.0 Å². The summed E-state index contributed by atoms with van der Waals surface area (Å²) >= 11 is 0. The second kappa shape index (κ2) is 20.7. The van der Waals surface area contributed by atoms with Crippen LogP contribution in [-0.2, 0) is 25.7 Å². The molecule has 0 aliphatic heterocycles. The third kappa shape index (κ3) is 9.83. The van der Waals surface area contributed by atoms with E-state index in [1.165, 1.54) is 47.5 Å². The van der Waals surface area contributed by atoms with Crippen molar-refractivity contribution in [2.75, 3.05) is 0 Å². The molecule has 350 valence electrons. The number of hydrogen-bond donors (Lipinski definition) is 0. The van der Waals surface area contributed by atoms with Crippen LogP contribution < -0.4 is 0 Å². The quantitative estimate of drug-likeness (QED) is 0.0853. The smallest absolute Gasteiger partial charge is 0.180 e. The number of halogens is 4. The van der Waals surface area contributed by atoms with Gasteiger partial charge < -0.3 is 0 Å². The minimum Gasteiger partial charge on any atom is -0.256 e. The van der Waals surface area contributed by atoms with Crippen LogP contribution in [0.1, 0.15) is 47.2 Å². The maximum Gasteiger partial charge on any atom is 0.180 e. The van der Waals surface area contributed by atoms with Crippen LogP contribution in [0.3, 0.4) is 0 Å². The zero-order valence-corrected chi connectivity index (χ0v) is 38.6. The predicted molar refractivity (Wildman–Crippen MR) is 280 cm³/mol. The molecule has 0 radical (unpaired) electrons. The van der Waals surface area contributed by atoms with Crippen LogP contribution in [0.2, 0.25) is 0 Å². The Morgan fingerprint density at radius 1 is 0.403 bits per heavy atom. The van der Waals surface area contributed by atoms with E-state index in [-0.39, 0.29) is 16.8 Å². The summed E-state index contributed by atoms with van der Waals surface area (Å²) < 4.78 is 109. The Kier molecular flexibility index (Phi) is 11.5. The topological polar surface area (TPSA) is 62.5 Å². The number of pyridine rings is 3. The van der Waals surface area contributed by atoms with E-state index in [9.17, 15) is 14.0 Å². The van der Waals surface area contributed by atoms with Crippen molar-refractivity contribution in [3.8, 4) is 84.3 Å². The van der Waals surface area contributed by atoms with Crippen molar-refractivity contribution in [2.45, 2.75) is 39.4 Å². The van der Waals surface area contributed by atoms with E-state index in [0.717, 1.165) is 82.2 Å². The Hall–Kier alpha value is -8.80. The SMILES string of the molecule is [2H]C([2H])([2H])c1cnc(-c2ccc(-c3ccccc3-c3cc(CCc4ccc(-c5ccccn5)cc4)cc(CCc4ccc(-c5ccccn5)cc4)c3)c(-c3ccc(-c4c(F)c(F)c(C#N)c(F)c4F)cc3)c2)cc1C([2H])([2H])[2H]. The molecule has 72 heavy (non-hydrogen) atoms. The normalized spacial score (nSPS) is 12.7. The van der Waals surface area contributed by atoms with Crippen LogP contribution in [0, 0.1) is 48.3 Å². The van der Waals surface area contributed by atoms with Crippen LogP contribution in [0.15, 0.2) is 195 Å². The molecule has 0 atom stereocenters. The zero-order chi connectivity index (χ0) is 54.7. The van der Waals surface area contributed by atoms with Gasteiger partial charge in [-0.25, -0.2) is 17.6 Å². The number of nitriles is 1. The molecular weight excluding hydrogens is 901 g/mol. The van der Waals surface area contributed by atoms with Crippen LogP contribution in [0.25, 0.3) is 78.3 Å². The lowest BCUT2D eigenvalue weighted by Crippen LogP contribution is -2.03. The first-order chi connectivity index (χ1) is 37.5. The van der Waals surface area contributed by atoms with Crippen molar-refractivity contribution >= 4 is 0 Å². The van der Waals surface area contributed by atoms with Gasteiger partial charge in [-0.05, 0) is 148 Å². The summed E-state index contributed by atoms with van der Waals surface area (Å²) in [6, 6.07) is 56.6. The third-order valence-electron chi connectivity index (χ3n) is 12.9. The summed E-state index contributed by atoms with van der Waals surface area (Å²) in [5, 5.41) is 9.21. The van der Waals surface area contributed by atoms with Gasteiger partial charge >= 0.3 is 0 Å². The summed E-state index contributed by atoms with van der Waals surface area (Å²) in [6.07, 6.45) is 7.61. The first-order valence-corrected chi connectivity index (χ1v) is 23.3. The zero-order valence-electron chi connectivity index (χ0n) is 44.6. The fourth-order valence-corrected chi connectivity index (χ4v) is 9.10. The molecule has 0 bridgehead atoms. The molecule has 0 aliphatic carbocycles. The van der Waals surface area contributed by atoms with Gasteiger partial charge in [0.25, 0.3) is 0 Å². The molecule has 3 heterocycles. The molecule has 0 aliphatic rings. The molecule has 0 unspecified atom stereocenters. The van der Waals surface area contributed by atoms with Gasteiger partial charge in [-0.2, -0.15) is 5.26 Å². The lowest BCUT2D eigenvalue weighted by atomic mass is 9.86. The van der Waals surface area contributed by atoms with Crippen LogP contribution >= 0.6 is 0 Å². The second-order valence-corrected chi connectivity index (χ2v) is 17.5. The van der Waals surface area contributed by atoms with E-state index in [1.54, 1.807) is 24.5 Å². The summed E-state index contributed by atoms with van der Waals surface area (Å²) in [7, 11) is 0. The average Bonchev–Trinajstić information content (AvgIpc) is 3.66. The number of rotatable bonds is 13. The Morgan fingerprint density at radius 3 is 1.44 bits per heavy atom. The fourth-order valence-electron chi connectivity index (χ4n) is 9.10. The number of benzene rings is 7. The van der Waals surface area contributed by atoms with Gasteiger partial charge in [0.2, 0.25) is 0 Å². The van der Waals surface area contributed by atoms with Crippen LogP contribution in [-0.4, -0.2) is 15.0 Å². The fraction of sp³-hybridized carbons (Fsp3) is 0.0938. The van der Waals surface area contributed by atoms with Crippen LogP contribution in [0.4, 0.5) is 17.6 Å². The molecule has 0 fully saturated rings. The third-order valence-corrected chi connectivity index (χ3v) is 12.9. The predicted octanol–water partition coefficient (Wildman–Crippen LogP) is 16.2. The molecule has 0 saturated heterocycles. The highest BCUT2D eigenvalue weighted by Gasteiger charge is 2.27. The summed E-state index contributed by atoms with van der Waals surface area (Å²) in [5.41, 5.74) is 10.1. The minimum atomic E-state index is -2.79. The molecule has 7 aromatic carbocycles. The van der Waals surface area contributed by atoms with Crippen molar-refractivity contribution in [1.82, 2.24) is 15.0 Å². The Bertz CT molecular complexity index is 3730. The molecule has 10 rings (SSSR count). The number of nitrogens with zero attached hydrogens (tertiary/aromatic N) is 4. The van der Waals surface area contributed by atoms with E-state index in [1.807, 2.05) is 66.7 Å². The lowest BCUT2D eigenvalue weighted by Gasteiger charge is -2.18. The Labute approximate surface area is 425 Å². The summed E-state index contributed by atoms with van der Waals surface area (Å²) in [6.45, 7) is -5.55. The van der Waals surface area contributed by atoms with Gasteiger partial charge in [0.15, 0.2) is 23.3 Å². The second-order valence-electron chi connectivity index (χ2n) is 17.5. The van der Waals surface area contributed by atoms with Crippen molar-refractivity contribution in [3.05, 3.63) is 257 Å². The first kappa shape index (κ1) is 40.0. The molecule has 4 nitrogen and oxygen atoms in total. The van der Waals surface area contributed by atoms with Crippen molar-refractivity contribution < 1.29 is 25.8 Å². The summed E-state index contributed by atoms with van der Waals surface area (Å²) in [5.74, 6) is -7.06. The maximum atomic E-state index is 15.4. The summed E-state index contributed by atoms with van der Waals surface area (Å²) in [4.78, 5) is 13.4. The Morgan fingerprint density at radius 2 is 0.903 bits per heavy atom.